The first kappa shape index (κ1) is 24.7. The summed E-state index contributed by atoms with van der Waals surface area (Å²) in [7, 11) is -2.35. The average molecular weight is 507 g/mol. The fourth-order valence-corrected chi connectivity index (χ4v) is 7.55. The summed E-state index contributed by atoms with van der Waals surface area (Å²) in [6, 6.07) is 5.29. The number of thiophene rings is 1. The Morgan fingerprint density at radius 3 is 2.56 bits per heavy atom. The number of rotatable bonds is 7. The summed E-state index contributed by atoms with van der Waals surface area (Å²) >= 11 is 1.41. The van der Waals surface area contributed by atoms with Gasteiger partial charge in [-0.25, -0.2) is 13.2 Å². The summed E-state index contributed by atoms with van der Waals surface area (Å²) in [5, 5.41) is 3.36. The number of amides is 1. The van der Waals surface area contributed by atoms with Crippen molar-refractivity contribution in [2.45, 2.75) is 62.8 Å². The second kappa shape index (κ2) is 10.5. The van der Waals surface area contributed by atoms with Gasteiger partial charge >= 0.3 is 5.97 Å². The Hall–Kier alpha value is -2.43. The number of nitrogens with zero attached hydrogens (tertiary/aromatic N) is 1. The highest BCUT2D eigenvalue weighted by Gasteiger charge is 2.40. The van der Waals surface area contributed by atoms with Crippen molar-refractivity contribution in [2.75, 3.05) is 25.6 Å². The Kier molecular flexibility index (Phi) is 7.59. The highest BCUT2D eigenvalue weighted by molar-refractivity contribution is 7.89. The third kappa shape index (κ3) is 4.85. The minimum absolute atomic E-state index is 0.114. The lowest BCUT2D eigenvalue weighted by atomic mass is 10.1. The Bertz CT molecular complexity index is 1160. The number of carbonyl (C=O) groups excluding carboxylic acids is 2. The van der Waals surface area contributed by atoms with Crippen molar-refractivity contribution in [3.05, 3.63) is 40.3 Å². The van der Waals surface area contributed by atoms with E-state index in [2.05, 4.69) is 5.32 Å². The van der Waals surface area contributed by atoms with Gasteiger partial charge in [0.15, 0.2) is 0 Å². The zero-order chi connectivity index (χ0) is 24.3. The molecule has 1 aliphatic carbocycles. The zero-order valence-corrected chi connectivity index (χ0v) is 21.1. The third-order valence-corrected chi connectivity index (χ3v) is 9.44. The molecule has 2 aromatic rings. The molecule has 10 heteroatoms. The number of fused-ring (bicyclic) bond motifs is 1. The van der Waals surface area contributed by atoms with Gasteiger partial charge in [-0.15, -0.1) is 11.3 Å². The van der Waals surface area contributed by atoms with Crippen LogP contribution in [-0.4, -0.2) is 50.9 Å². The quantitative estimate of drug-likeness (QED) is 0.450. The molecule has 1 unspecified atom stereocenters. The number of ether oxygens (including phenoxy) is 2. The van der Waals surface area contributed by atoms with E-state index in [1.165, 1.54) is 34.9 Å². The average Bonchev–Trinajstić information content (AvgIpc) is 3.39. The van der Waals surface area contributed by atoms with Crippen LogP contribution in [0, 0.1) is 0 Å². The number of carbonyl (C=O) groups is 2. The fourth-order valence-electron chi connectivity index (χ4n) is 4.62. The second-order valence-electron chi connectivity index (χ2n) is 8.43. The maximum atomic E-state index is 13.3. The number of methoxy groups -OCH3 is 1. The maximum absolute atomic E-state index is 13.3. The summed E-state index contributed by atoms with van der Waals surface area (Å²) in [4.78, 5) is 27.3. The van der Waals surface area contributed by atoms with Crippen molar-refractivity contribution in [1.82, 2.24) is 4.31 Å². The number of aryl methyl sites for hydroxylation is 1. The zero-order valence-electron chi connectivity index (χ0n) is 19.5. The largest absolute Gasteiger partial charge is 0.497 e. The van der Waals surface area contributed by atoms with Crippen molar-refractivity contribution in [3.63, 3.8) is 0 Å². The Morgan fingerprint density at radius 2 is 1.85 bits per heavy atom. The molecule has 1 saturated heterocycles. The molecular weight excluding hydrogens is 476 g/mol. The summed E-state index contributed by atoms with van der Waals surface area (Å²) in [5.74, 6) is -0.304. The predicted octanol–water partition coefficient (Wildman–Crippen LogP) is 3.99. The van der Waals surface area contributed by atoms with Gasteiger partial charge in [-0.2, -0.15) is 4.31 Å². The normalized spacial score (nSPS) is 18.7. The molecule has 1 aliphatic heterocycles. The van der Waals surface area contributed by atoms with E-state index in [9.17, 15) is 18.0 Å². The van der Waals surface area contributed by atoms with Crippen molar-refractivity contribution < 1.29 is 27.5 Å². The van der Waals surface area contributed by atoms with Crippen molar-refractivity contribution >= 4 is 38.2 Å². The van der Waals surface area contributed by atoms with E-state index in [0.717, 1.165) is 42.5 Å². The van der Waals surface area contributed by atoms with Crippen LogP contribution in [0.25, 0.3) is 0 Å². The highest BCUT2D eigenvalue weighted by atomic mass is 32.2. The molecule has 0 spiro atoms. The summed E-state index contributed by atoms with van der Waals surface area (Å²) < 4.78 is 38.2. The van der Waals surface area contributed by atoms with Gasteiger partial charge in [0.2, 0.25) is 15.9 Å². The molecule has 1 aromatic heterocycles. The lowest BCUT2D eigenvalue weighted by molar-refractivity contribution is -0.119. The standard InChI is InChI=1S/C24H30N2O6S2/c1-3-32-24(28)21-18-8-5-4-6-10-20(18)33-23(21)25-22(27)19-9-7-15-26(19)34(29,30)17-13-11-16(31-2)12-14-17/h11-14,19H,3-10,15H2,1-2H3,(H,25,27). The van der Waals surface area contributed by atoms with Crippen LogP contribution in [0.5, 0.6) is 5.75 Å². The molecule has 1 atom stereocenters. The number of sulfonamides is 1. The first-order valence-electron chi connectivity index (χ1n) is 11.6. The summed E-state index contributed by atoms with van der Waals surface area (Å²) in [6.45, 7) is 2.26. The van der Waals surface area contributed by atoms with Crippen LogP contribution >= 0.6 is 11.3 Å². The van der Waals surface area contributed by atoms with Crippen LogP contribution in [0.4, 0.5) is 5.00 Å². The fraction of sp³-hybridized carbons (Fsp3) is 0.500. The molecule has 2 heterocycles. The number of hydrogen-bond acceptors (Lipinski definition) is 7. The van der Waals surface area contributed by atoms with E-state index < -0.39 is 27.9 Å². The monoisotopic (exact) mass is 506 g/mol. The first-order chi connectivity index (χ1) is 16.4. The molecule has 8 nitrogen and oxygen atoms in total. The van der Waals surface area contributed by atoms with E-state index >= 15 is 0 Å². The Morgan fingerprint density at radius 1 is 1.12 bits per heavy atom. The summed E-state index contributed by atoms with van der Waals surface area (Å²) in [6.07, 6.45) is 5.77. The minimum atomic E-state index is -3.86. The van der Waals surface area contributed by atoms with E-state index in [-0.39, 0.29) is 18.0 Å². The molecule has 2 aliphatic rings. The van der Waals surface area contributed by atoms with E-state index in [1.54, 1.807) is 19.1 Å². The van der Waals surface area contributed by atoms with Gasteiger partial charge in [-0.3, -0.25) is 4.79 Å². The van der Waals surface area contributed by atoms with Gasteiger partial charge in [0.05, 0.1) is 24.2 Å². The minimum Gasteiger partial charge on any atom is -0.497 e. The van der Waals surface area contributed by atoms with Gasteiger partial charge in [-0.05, 0) is 75.3 Å². The molecule has 1 aromatic carbocycles. The number of esters is 1. The van der Waals surface area contributed by atoms with Crippen LogP contribution in [0.1, 0.15) is 59.8 Å². The SMILES string of the molecule is CCOC(=O)c1c(NC(=O)C2CCCN2S(=O)(=O)c2ccc(OC)cc2)sc2c1CCCCC2. The smallest absolute Gasteiger partial charge is 0.341 e. The van der Waals surface area contributed by atoms with Gasteiger partial charge < -0.3 is 14.8 Å². The van der Waals surface area contributed by atoms with Crippen molar-refractivity contribution in [3.8, 4) is 5.75 Å². The summed E-state index contributed by atoms with van der Waals surface area (Å²) in [5.41, 5.74) is 1.39. The number of benzene rings is 1. The van der Waals surface area contributed by atoms with E-state index in [0.29, 0.717) is 29.2 Å². The lowest BCUT2D eigenvalue weighted by Gasteiger charge is -2.23. The molecule has 1 fully saturated rings. The van der Waals surface area contributed by atoms with Gasteiger partial charge in [0.25, 0.3) is 0 Å². The molecule has 0 bridgehead atoms. The van der Waals surface area contributed by atoms with E-state index in [1.807, 2.05) is 0 Å². The molecule has 1 N–H and O–H groups in total. The van der Waals surface area contributed by atoms with Crippen LogP contribution in [-0.2, 0) is 32.4 Å². The predicted molar refractivity (Wildman–Crippen MR) is 130 cm³/mol. The molecular formula is C24H30N2O6S2. The van der Waals surface area contributed by atoms with Crippen LogP contribution in [0.15, 0.2) is 29.2 Å². The van der Waals surface area contributed by atoms with Crippen molar-refractivity contribution in [2.24, 2.45) is 0 Å². The molecule has 4 rings (SSSR count). The van der Waals surface area contributed by atoms with Gasteiger partial charge in [0.1, 0.15) is 16.8 Å². The van der Waals surface area contributed by atoms with Gasteiger partial charge in [0, 0.05) is 11.4 Å². The number of hydrogen-bond donors (Lipinski definition) is 1. The molecule has 1 amide bonds. The van der Waals surface area contributed by atoms with Crippen LogP contribution in [0.2, 0.25) is 0 Å². The Labute approximate surface area is 204 Å². The topological polar surface area (TPSA) is 102 Å². The number of nitrogens with one attached hydrogen (secondary N) is 1. The van der Waals surface area contributed by atoms with Gasteiger partial charge in [-0.1, -0.05) is 6.42 Å². The molecule has 0 saturated carbocycles. The van der Waals surface area contributed by atoms with Crippen molar-refractivity contribution in [1.29, 1.82) is 0 Å². The van der Waals surface area contributed by atoms with Crippen LogP contribution < -0.4 is 10.1 Å². The third-order valence-electron chi connectivity index (χ3n) is 6.31. The van der Waals surface area contributed by atoms with E-state index in [4.69, 9.17) is 9.47 Å². The maximum Gasteiger partial charge on any atom is 0.341 e. The highest BCUT2D eigenvalue weighted by Crippen LogP contribution is 2.38. The molecule has 0 radical (unpaired) electrons. The number of anilines is 1. The molecule has 34 heavy (non-hydrogen) atoms. The lowest BCUT2D eigenvalue weighted by Crippen LogP contribution is -2.43. The second-order valence-corrected chi connectivity index (χ2v) is 11.4. The van der Waals surface area contributed by atoms with Crippen LogP contribution in [0.3, 0.4) is 0 Å². The Balaban J connectivity index is 1.60. The molecule has 184 valence electrons. The first-order valence-corrected chi connectivity index (χ1v) is 13.9.